The van der Waals surface area contributed by atoms with Crippen molar-refractivity contribution in [1.82, 2.24) is 0 Å². The summed E-state index contributed by atoms with van der Waals surface area (Å²) in [6, 6.07) is 0. The van der Waals surface area contributed by atoms with Gasteiger partial charge < -0.3 is 60.7 Å². The molecule has 0 radical (unpaired) electrons. The van der Waals surface area contributed by atoms with Crippen LogP contribution in [0, 0.1) is 23.7 Å². The first-order chi connectivity index (χ1) is 13.0. The van der Waals surface area contributed by atoms with E-state index in [0.717, 1.165) is 0 Å². The number of hydrogen-bond donors (Lipinski definition) is 10. The monoisotopic (exact) mass is 406 g/mol. The van der Waals surface area contributed by atoms with Gasteiger partial charge in [-0.25, -0.2) is 0 Å². The molecule has 0 aromatic carbocycles. The van der Waals surface area contributed by atoms with Crippen LogP contribution in [0.1, 0.15) is 0 Å². The lowest BCUT2D eigenvalue weighted by Crippen LogP contribution is -2.49. The normalized spacial score (nSPS) is 21.6. The van der Waals surface area contributed by atoms with Gasteiger partial charge in [0.1, 0.15) is 61.0 Å². The molecule has 0 amide bonds. The van der Waals surface area contributed by atoms with E-state index in [1.54, 1.807) is 0 Å². The second-order valence-electron chi connectivity index (χ2n) is 5.63. The molecular formula is C16H22O12. The number of aldehydes is 2. The predicted molar refractivity (Wildman–Crippen MR) is 87.7 cm³/mol. The van der Waals surface area contributed by atoms with Crippen LogP contribution in [0.2, 0.25) is 0 Å². The van der Waals surface area contributed by atoms with Gasteiger partial charge in [0, 0.05) is 0 Å². The second-order valence-corrected chi connectivity index (χ2v) is 5.63. The van der Waals surface area contributed by atoms with E-state index in [1.807, 2.05) is 23.7 Å². The highest BCUT2D eigenvalue weighted by atomic mass is 16.4. The Labute approximate surface area is 158 Å². The Bertz CT molecular complexity index is 563. The Kier molecular flexibility index (Phi) is 11.6. The van der Waals surface area contributed by atoms with Crippen LogP contribution < -0.4 is 0 Å². The lowest BCUT2D eigenvalue weighted by atomic mass is 9.99. The molecule has 0 aliphatic carbocycles. The van der Waals surface area contributed by atoms with Crippen LogP contribution in [0.25, 0.3) is 0 Å². The van der Waals surface area contributed by atoms with Gasteiger partial charge >= 0.3 is 0 Å². The molecular weight excluding hydrogens is 384 g/mol. The summed E-state index contributed by atoms with van der Waals surface area (Å²) in [5, 5.41) is 94.0. The SMILES string of the molecule is O=C[C@@H](O)[C@@H](O)[C@@H](O)[C@@H](O)[C@@H](O)C#CC#C[C@@H](O)[C@@H](O)[C@@H](O)[C@H](O)[C@@H](O)C=O. The van der Waals surface area contributed by atoms with Crippen LogP contribution in [-0.4, -0.2) is 125 Å². The average Bonchev–Trinajstić information content (AvgIpc) is 2.71. The summed E-state index contributed by atoms with van der Waals surface area (Å²) in [6.45, 7) is 0. The third-order valence-corrected chi connectivity index (χ3v) is 3.53. The lowest BCUT2D eigenvalue weighted by molar-refractivity contribution is -0.140. The molecule has 0 heterocycles. The van der Waals surface area contributed by atoms with Gasteiger partial charge in [0.2, 0.25) is 0 Å². The van der Waals surface area contributed by atoms with E-state index in [4.69, 9.17) is 10.2 Å². The van der Waals surface area contributed by atoms with Crippen molar-refractivity contribution in [2.24, 2.45) is 0 Å². The molecule has 12 nitrogen and oxygen atoms in total. The van der Waals surface area contributed by atoms with Gasteiger partial charge in [0.05, 0.1) is 0 Å². The number of carbonyl (C=O) groups is 2. The molecule has 0 aliphatic heterocycles. The Morgan fingerprint density at radius 1 is 0.464 bits per heavy atom. The zero-order valence-electron chi connectivity index (χ0n) is 14.2. The molecule has 0 rings (SSSR count). The van der Waals surface area contributed by atoms with Gasteiger partial charge in [-0.1, -0.05) is 11.8 Å². The van der Waals surface area contributed by atoms with E-state index in [9.17, 15) is 50.4 Å². The van der Waals surface area contributed by atoms with Crippen LogP contribution >= 0.6 is 0 Å². The topological polar surface area (TPSA) is 236 Å². The highest BCUT2D eigenvalue weighted by Gasteiger charge is 2.34. The van der Waals surface area contributed by atoms with E-state index >= 15 is 0 Å². The van der Waals surface area contributed by atoms with E-state index in [1.165, 1.54) is 0 Å². The van der Waals surface area contributed by atoms with Crippen LogP contribution in [0.15, 0.2) is 0 Å². The van der Waals surface area contributed by atoms with Crippen LogP contribution in [0.4, 0.5) is 0 Å². The first kappa shape index (κ1) is 26.1. The van der Waals surface area contributed by atoms with Crippen LogP contribution in [0.3, 0.4) is 0 Å². The van der Waals surface area contributed by atoms with E-state index < -0.39 is 61.0 Å². The molecule has 0 saturated carbocycles. The van der Waals surface area contributed by atoms with Crippen LogP contribution in [-0.2, 0) is 9.59 Å². The number of aliphatic hydroxyl groups is 10. The van der Waals surface area contributed by atoms with Crippen molar-refractivity contribution < 1.29 is 60.7 Å². The average molecular weight is 406 g/mol. The van der Waals surface area contributed by atoms with Gasteiger partial charge in [-0.15, -0.1) is 0 Å². The summed E-state index contributed by atoms with van der Waals surface area (Å²) in [6.07, 6.45) is -20.9. The molecule has 0 aliphatic rings. The van der Waals surface area contributed by atoms with E-state index in [2.05, 4.69) is 0 Å². The van der Waals surface area contributed by atoms with Gasteiger partial charge in [-0.05, 0) is 11.8 Å². The predicted octanol–water partition coefficient (Wildman–Crippen LogP) is -7.00. The highest BCUT2D eigenvalue weighted by molar-refractivity contribution is 5.57. The summed E-state index contributed by atoms with van der Waals surface area (Å²) >= 11 is 0. The molecule has 0 aromatic heterocycles. The first-order valence-electron chi connectivity index (χ1n) is 7.71. The molecule has 12 heteroatoms. The molecule has 10 atom stereocenters. The van der Waals surface area contributed by atoms with Crippen molar-refractivity contribution in [3.63, 3.8) is 0 Å². The third kappa shape index (κ3) is 7.59. The van der Waals surface area contributed by atoms with E-state index in [-0.39, 0.29) is 12.6 Å². The van der Waals surface area contributed by atoms with Crippen LogP contribution in [0.5, 0.6) is 0 Å². The fourth-order valence-corrected chi connectivity index (χ4v) is 1.73. The summed E-state index contributed by atoms with van der Waals surface area (Å²) in [5.74, 6) is 7.65. The summed E-state index contributed by atoms with van der Waals surface area (Å²) < 4.78 is 0. The lowest BCUT2D eigenvalue weighted by Gasteiger charge is -2.25. The maximum atomic E-state index is 10.3. The van der Waals surface area contributed by atoms with Crippen molar-refractivity contribution in [1.29, 1.82) is 0 Å². The fraction of sp³-hybridized carbons (Fsp3) is 0.625. The zero-order chi connectivity index (χ0) is 22.0. The van der Waals surface area contributed by atoms with Crippen molar-refractivity contribution in [2.45, 2.75) is 61.0 Å². The molecule has 158 valence electrons. The quantitative estimate of drug-likeness (QED) is 0.120. The molecule has 0 aromatic rings. The minimum Gasteiger partial charge on any atom is -0.387 e. The Hall–Kier alpha value is -1.94. The molecule has 0 bridgehead atoms. The summed E-state index contributed by atoms with van der Waals surface area (Å²) in [5.41, 5.74) is 0. The van der Waals surface area contributed by atoms with Crippen molar-refractivity contribution in [3.8, 4) is 23.7 Å². The Morgan fingerprint density at radius 3 is 1.00 bits per heavy atom. The van der Waals surface area contributed by atoms with Crippen molar-refractivity contribution in [2.75, 3.05) is 0 Å². The maximum Gasteiger partial charge on any atom is 0.151 e. The minimum absolute atomic E-state index is 0.101. The number of carbonyl (C=O) groups excluding carboxylic acids is 2. The minimum atomic E-state index is -2.13. The summed E-state index contributed by atoms with van der Waals surface area (Å²) in [7, 11) is 0. The Balaban J connectivity index is 4.91. The molecule has 0 fully saturated rings. The van der Waals surface area contributed by atoms with E-state index in [0.29, 0.717) is 0 Å². The first-order valence-corrected chi connectivity index (χ1v) is 7.71. The smallest absolute Gasteiger partial charge is 0.151 e. The largest absolute Gasteiger partial charge is 0.387 e. The fourth-order valence-electron chi connectivity index (χ4n) is 1.73. The van der Waals surface area contributed by atoms with Gasteiger partial charge in [0.15, 0.2) is 12.6 Å². The standard InChI is InChI=1S/C16H22O12/c17-5-9(21)13(25)15(27)11(23)7(19)3-1-2-4-8(20)12(24)16(28)14(26)10(22)6-18/h5-16,19-28H/t7-,8+,9+,10-,11-,12+,13-,14-,15-,16+/m1/s1. The third-order valence-electron chi connectivity index (χ3n) is 3.53. The van der Waals surface area contributed by atoms with Gasteiger partial charge in [-0.3, -0.25) is 0 Å². The molecule has 0 saturated heterocycles. The summed E-state index contributed by atoms with van der Waals surface area (Å²) in [4.78, 5) is 20.6. The van der Waals surface area contributed by atoms with Gasteiger partial charge in [0.25, 0.3) is 0 Å². The maximum absolute atomic E-state index is 10.3. The highest BCUT2D eigenvalue weighted by Crippen LogP contribution is 2.08. The molecule has 28 heavy (non-hydrogen) atoms. The zero-order valence-corrected chi connectivity index (χ0v) is 14.2. The van der Waals surface area contributed by atoms with Gasteiger partial charge in [-0.2, -0.15) is 0 Å². The Morgan fingerprint density at radius 2 is 0.750 bits per heavy atom. The number of hydrogen-bond acceptors (Lipinski definition) is 12. The van der Waals surface area contributed by atoms with Crippen molar-refractivity contribution in [3.05, 3.63) is 0 Å². The second kappa shape index (κ2) is 12.5. The molecule has 0 spiro atoms. The molecule has 10 N–H and O–H groups in total. The number of rotatable bonds is 10. The van der Waals surface area contributed by atoms with Crippen molar-refractivity contribution >= 4 is 12.6 Å². The number of aliphatic hydroxyl groups excluding tert-OH is 10. The molecule has 0 unspecified atom stereocenters.